The second-order valence-electron chi connectivity index (χ2n) is 9.31. The number of benzene rings is 1. The summed E-state index contributed by atoms with van der Waals surface area (Å²) in [5, 5.41) is 20.9. The van der Waals surface area contributed by atoms with E-state index in [9.17, 15) is 24.3 Å². The number of aliphatic carboxylic acids is 1. The van der Waals surface area contributed by atoms with Crippen LogP contribution in [0.4, 0.5) is 0 Å². The minimum Gasteiger partial charge on any atom is -0.480 e. The monoisotopic (exact) mass is 489 g/mol. The number of carboxylic acid groups (broad SMARTS) is 1. The Morgan fingerprint density at radius 2 is 1.71 bits per heavy atom. The van der Waals surface area contributed by atoms with E-state index in [4.69, 9.17) is 5.73 Å². The number of carboxylic acids is 1. The minimum absolute atomic E-state index is 0.116. The fourth-order valence-corrected chi connectivity index (χ4v) is 4.04. The number of rotatable bonds is 14. The standard InChI is InChI=1S/C25H39N5O5/c1-16(2)21(30-22(31)18-12-8-14-27-18)24(33)28-19(11-6-7-13-26)23(32)29-20(25(34)35)15-17-9-4-3-5-10-17/h3-5,9-10,16,18-21,27H,6-8,11-15,26H2,1-2H3,(H,28,33)(H,29,32)(H,30,31)(H,34,35). The Morgan fingerprint density at radius 3 is 2.29 bits per heavy atom. The van der Waals surface area contributed by atoms with Crippen LogP contribution in [0.5, 0.6) is 0 Å². The molecule has 1 aliphatic heterocycles. The molecule has 35 heavy (non-hydrogen) atoms. The molecule has 1 fully saturated rings. The first-order chi connectivity index (χ1) is 16.7. The number of nitrogens with one attached hydrogen (secondary N) is 4. The number of unbranched alkanes of at least 4 members (excludes halogenated alkanes) is 1. The summed E-state index contributed by atoms with van der Waals surface area (Å²) in [6.07, 6.45) is 3.26. The molecule has 4 unspecified atom stereocenters. The van der Waals surface area contributed by atoms with Gasteiger partial charge in [0.15, 0.2) is 0 Å². The SMILES string of the molecule is CC(C)C(NC(=O)C1CCCN1)C(=O)NC(CCCCN)C(=O)NC(Cc1ccccc1)C(=O)O. The van der Waals surface area contributed by atoms with Gasteiger partial charge in [-0.15, -0.1) is 0 Å². The highest BCUT2D eigenvalue weighted by atomic mass is 16.4. The van der Waals surface area contributed by atoms with Gasteiger partial charge in [0.2, 0.25) is 17.7 Å². The zero-order valence-electron chi connectivity index (χ0n) is 20.6. The fourth-order valence-electron chi connectivity index (χ4n) is 4.04. The van der Waals surface area contributed by atoms with Crippen LogP contribution < -0.4 is 27.0 Å². The van der Waals surface area contributed by atoms with E-state index in [1.807, 2.05) is 19.9 Å². The lowest BCUT2D eigenvalue weighted by Crippen LogP contribution is -2.58. The second-order valence-corrected chi connectivity index (χ2v) is 9.31. The molecule has 2 rings (SSSR count). The quantitative estimate of drug-likeness (QED) is 0.205. The topological polar surface area (TPSA) is 163 Å². The summed E-state index contributed by atoms with van der Waals surface area (Å²) >= 11 is 0. The summed E-state index contributed by atoms with van der Waals surface area (Å²) in [6.45, 7) is 4.83. The zero-order valence-corrected chi connectivity index (χ0v) is 20.6. The van der Waals surface area contributed by atoms with Crippen molar-refractivity contribution >= 4 is 23.7 Å². The average Bonchev–Trinajstić information content (AvgIpc) is 3.37. The lowest BCUT2D eigenvalue weighted by Gasteiger charge is -2.27. The normalized spacial score (nSPS) is 17.9. The molecule has 1 aromatic carbocycles. The van der Waals surface area contributed by atoms with Crippen LogP contribution >= 0.6 is 0 Å². The van der Waals surface area contributed by atoms with Crippen molar-refractivity contribution in [2.75, 3.05) is 13.1 Å². The van der Waals surface area contributed by atoms with Gasteiger partial charge in [-0.3, -0.25) is 14.4 Å². The van der Waals surface area contributed by atoms with E-state index in [0.717, 1.165) is 18.5 Å². The van der Waals surface area contributed by atoms with E-state index >= 15 is 0 Å². The summed E-state index contributed by atoms with van der Waals surface area (Å²) in [4.78, 5) is 50.6. The maximum Gasteiger partial charge on any atom is 0.326 e. The predicted octanol–water partition coefficient (Wildman–Crippen LogP) is 0.305. The van der Waals surface area contributed by atoms with Crippen LogP contribution in [0, 0.1) is 5.92 Å². The Hall–Kier alpha value is -2.98. The van der Waals surface area contributed by atoms with Gasteiger partial charge in [-0.25, -0.2) is 4.79 Å². The largest absolute Gasteiger partial charge is 0.480 e. The van der Waals surface area contributed by atoms with Gasteiger partial charge >= 0.3 is 5.97 Å². The van der Waals surface area contributed by atoms with Crippen molar-refractivity contribution < 1.29 is 24.3 Å². The van der Waals surface area contributed by atoms with Crippen LogP contribution in [-0.4, -0.2) is 66.1 Å². The smallest absolute Gasteiger partial charge is 0.326 e. The molecule has 0 spiro atoms. The number of amides is 3. The molecule has 0 aliphatic carbocycles. The molecule has 1 saturated heterocycles. The van der Waals surface area contributed by atoms with Crippen LogP contribution in [0.15, 0.2) is 30.3 Å². The van der Waals surface area contributed by atoms with E-state index < -0.39 is 35.9 Å². The number of hydrogen-bond donors (Lipinski definition) is 6. The molecule has 0 radical (unpaired) electrons. The fraction of sp³-hybridized carbons (Fsp3) is 0.600. The van der Waals surface area contributed by atoms with Crippen LogP contribution in [0.3, 0.4) is 0 Å². The van der Waals surface area contributed by atoms with Gasteiger partial charge in [-0.2, -0.15) is 0 Å². The Balaban J connectivity index is 2.09. The summed E-state index contributed by atoms with van der Waals surface area (Å²) in [7, 11) is 0. The molecule has 1 aromatic rings. The number of carbonyl (C=O) groups is 4. The van der Waals surface area contributed by atoms with Crippen molar-refractivity contribution in [3.8, 4) is 0 Å². The van der Waals surface area contributed by atoms with Gasteiger partial charge in [-0.05, 0) is 56.7 Å². The maximum absolute atomic E-state index is 13.1. The van der Waals surface area contributed by atoms with Crippen molar-refractivity contribution in [2.24, 2.45) is 11.7 Å². The summed E-state index contributed by atoms with van der Waals surface area (Å²) < 4.78 is 0. The van der Waals surface area contributed by atoms with Crippen LogP contribution in [0.1, 0.15) is 51.5 Å². The number of nitrogens with two attached hydrogens (primary N) is 1. The molecular weight excluding hydrogens is 450 g/mol. The molecule has 1 aliphatic rings. The summed E-state index contributed by atoms with van der Waals surface area (Å²) in [5.74, 6) is -2.67. The first kappa shape index (κ1) is 28.3. The molecule has 1 heterocycles. The van der Waals surface area contributed by atoms with Gasteiger partial charge in [0.25, 0.3) is 0 Å². The van der Waals surface area contributed by atoms with Crippen LogP contribution in [-0.2, 0) is 25.6 Å². The molecule has 3 amide bonds. The number of hydrogen-bond acceptors (Lipinski definition) is 6. The molecule has 7 N–H and O–H groups in total. The van der Waals surface area contributed by atoms with Crippen molar-refractivity contribution in [3.63, 3.8) is 0 Å². The van der Waals surface area contributed by atoms with Gasteiger partial charge in [0, 0.05) is 6.42 Å². The average molecular weight is 490 g/mol. The van der Waals surface area contributed by atoms with Crippen molar-refractivity contribution in [3.05, 3.63) is 35.9 Å². The maximum atomic E-state index is 13.1. The van der Waals surface area contributed by atoms with Crippen LogP contribution in [0.25, 0.3) is 0 Å². The highest BCUT2D eigenvalue weighted by Crippen LogP contribution is 2.10. The summed E-state index contributed by atoms with van der Waals surface area (Å²) in [6, 6.07) is 5.75. The van der Waals surface area contributed by atoms with Crippen molar-refractivity contribution in [1.82, 2.24) is 21.3 Å². The lowest BCUT2D eigenvalue weighted by atomic mass is 10.0. The third kappa shape index (κ3) is 9.29. The predicted molar refractivity (Wildman–Crippen MR) is 132 cm³/mol. The molecule has 10 heteroatoms. The Labute approximate surface area is 206 Å². The van der Waals surface area contributed by atoms with E-state index in [-0.39, 0.29) is 24.3 Å². The second kappa shape index (κ2) is 14.4. The van der Waals surface area contributed by atoms with E-state index in [2.05, 4.69) is 21.3 Å². The van der Waals surface area contributed by atoms with Crippen LogP contribution in [0.2, 0.25) is 0 Å². The highest BCUT2D eigenvalue weighted by Gasteiger charge is 2.32. The third-order valence-corrected chi connectivity index (χ3v) is 6.10. The molecule has 4 atom stereocenters. The molecule has 0 saturated carbocycles. The molecule has 0 bridgehead atoms. The van der Waals surface area contributed by atoms with Gasteiger partial charge in [0.1, 0.15) is 18.1 Å². The highest BCUT2D eigenvalue weighted by molar-refractivity contribution is 5.94. The molecule has 0 aromatic heterocycles. The lowest BCUT2D eigenvalue weighted by molar-refractivity contribution is -0.142. The molecule has 194 valence electrons. The third-order valence-electron chi connectivity index (χ3n) is 6.10. The van der Waals surface area contributed by atoms with E-state index in [1.165, 1.54) is 0 Å². The van der Waals surface area contributed by atoms with Crippen molar-refractivity contribution in [2.45, 2.75) is 76.5 Å². The van der Waals surface area contributed by atoms with Gasteiger partial charge < -0.3 is 32.1 Å². The Kier molecular flexibility index (Phi) is 11.6. The first-order valence-corrected chi connectivity index (χ1v) is 12.3. The first-order valence-electron chi connectivity index (χ1n) is 12.3. The Morgan fingerprint density at radius 1 is 1.03 bits per heavy atom. The van der Waals surface area contributed by atoms with E-state index in [1.54, 1.807) is 24.3 Å². The van der Waals surface area contributed by atoms with Crippen molar-refractivity contribution in [1.29, 1.82) is 0 Å². The minimum atomic E-state index is -1.16. The van der Waals surface area contributed by atoms with Gasteiger partial charge in [0.05, 0.1) is 6.04 Å². The summed E-state index contributed by atoms with van der Waals surface area (Å²) in [5.41, 5.74) is 6.35. The van der Waals surface area contributed by atoms with E-state index in [0.29, 0.717) is 32.2 Å². The zero-order chi connectivity index (χ0) is 25.8. The molecule has 10 nitrogen and oxygen atoms in total. The molecular formula is C25H39N5O5. The Bertz CT molecular complexity index is 842. The number of carbonyl (C=O) groups excluding carboxylic acids is 3. The van der Waals surface area contributed by atoms with Gasteiger partial charge in [-0.1, -0.05) is 44.2 Å².